The van der Waals surface area contributed by atoms with Crippen molar-refractivity contribution in [1.82, 2.24) is 0 Å². The Labute approximate surface area is 263 Å². The van der Waals surface area contributed by atoms with Crippen LogP contribution in [0.5, 0.6) is 0 Å². The number of benzene rings is 3. The molecule has 0 bridgehead atoms. The van der Waals surface area contributed by atoms with E-state index >= 15 is 8.78 Å². The molecule has 0 saturated carbocycles. The molecule has 2 nitrogen and oxygen atoms in total. The first-order chi connectivity index (χ1) is 21.5. The lowest BCUT2D eigenvalue weighted by Crippen LogP contribution is -2.31. The average Bonchev–Trinajstić information content (AvgIpc) is 3.04. The summed E-state index contributed by atoms with van der Waals surface area (Å²) >= 11 is 0. The number of unbranched alkanes of at least 4 members (excludes halogenated alkanes) is 11. The van der Waals surface area contributed by atoms with Crippen LogP contribution in [-0.2, 0) is 15.9 Å². The highest BCUT2D eigenvalue weighted by Crippen LogP contribution is 2.32. The number of halogens is 3. The summed E-state index contributed by atoms with van der Waals surface area (Å²) in [6.45, 7) is 5.32. The monoisotopic (exact) mass is 608 g/mol. The molecule has 0 atom stereocenters. The van der Waals surface area contributed by atoms with E-state index in [4.69, 9.17) is 9.47 Å². The molecule has 4 rings (SSSR count). The van der Waals surface area contributed by atoms with Gasteiger partial charge in [0.05, 0.1) is 13.2 Å². The van der Waals surface area contributed by atoms with Gasteiger partial charge in [0.2, 0.25) is 0 Å². The van der Waals surface area contributed by atoms with Crippen molar-refractivity contribution in [2.75, 3.05) is 13.2 Å². The molecule has 1 fully saturated rings. The third-order valence-electron chi connectivity index (χ3n) is 8.94. The number of hydrogen-bond donors (Lipinski definition) is 0. The Bertz CT molecular complexity index is 1270. The Hall–Kier alpha value is -2.63. The lowest BCUT2D eigenvalue weighted by molar-refractivity contribution is -0.190. The zero-order valence-corrected chi connectivity index (χ0v) is 26.8. The van der Waals surface area contributed by atoms with Gasteiger partial charge in [-0.25, -0.2) is 13.2 Å². The SMILES string of the molecule is CCCCCCCCCCc1ccc(-c2ccc(-c3ccc(C4COC(CCCCCCC)OC4)c(F)c3)cc2)c(F)c1F. The zero-order chi connectivity index (χ0) is 31.1. The smallest absolute Gasteiger partial charge is 0.166 e. The third-order valence-corrected chi connectivity index (χ3v) is 8.94. The summed E-state index contributed by atoms with van der Waals surface area (Å²) < 4.78 is 57.0. The van der Waals surface area contributed by atoms with Crippen LogP contribution >= 0.6 is 0 Å². The second kappa shape index (κ2) is 18.4. The fourth-order valence-corrected chi connectivity index (χ4v) is 6.14. The summed E-state index contributed by atoms with van der Waals surface area (Å²) in [5.74, 6) is -1.98. The minimum absolute atomic E-state index is 0.140. The predicted octanol–water partition coefficient (Wildman–Crippen LogP) is 11.9. The molecule has 0 aliphatic carbocycles. The average molecular weight is 609 g/mol. The van der Waals surface area contributed by atoms with Crippen molar-refractivity contribution in [2.24, 2.45) is 0 Å². The van der Waals surface area contributed by atoms with Gasteiger partial charge in [-0.15, -0.1) is 0 Å². The van der Waals surface area contributed by atoms with Crippen molar-refractivity contribution < 1.29 is 22.6 Å². The molecule has 0 unspecified atom stereocenters. The van der Waals surface area contributed by atoms with Crippen LogP contribution in [0.2, 0.25) is 0 Å². The predicted molar refractivity (Wildman–Crippen MR) is 175 cm³/mol. The Morgan fingerprint density at radius 1 is 0.591 bits per heavy atom. The molecule has 0 spiro atoms. The Morgan fingerprint density at radius 3 is 1.80 bits per heavy atom. The van der Waals surface area contributed by atoms with Crippen LogP contribution in [0.1, 0.15) is 121 Å². The molecular formula is C39H51F3O2. The normalized spacial score (nSPS) is 16.8. The topological polar surface area (TPSA) is 18.5 Å². The first kappa shape index (κ1) is 34.2. The van der Waals surface area contributed by atoms with E-state index in [1.807, 2.05) is 18.2 Å². The highest BCUT2D eigenvalue weighted by Gasteiger charge is 2.25. The van der Waals surface area contributed by atoms with Crippen LogP contribution in [0.3, 0.4) is 0 Å². The number of aryl methyl sites for hydroxylation is 1. The van der Waals surface area contributed by atoms with Crippen molar-refractivity contribution >= 4 is 0 Å². The fraction of sp³-hybridized carbons (Fsp3) is 0.538. The minimum atomic E-state index is -0.805. The first-order valence-corrected chi connectivity index (χ1v) is 17.1. The molecule has 5 heteroatoms. The van der Waals surface area contributed by atoms with E-state index in [1.54, 1.807) is 30.3 Å². The molecule has 1 saturated heterocycles. The molecule has 240 valence electrons. The van der Waals surface area contributed by atoms with Gasteiger partial charge in [-0.3, -0.25) is 0 Å². The van der Waals surface area contributed by atoms with Gasteiger partial charge in [0, 0.05) is 11.5 Å². The lowest BCUT2D eigenvalue weighted by atomic mass is 9.94. The Kier molecular flexibility index (Phi) is 14.3. The molecule has 3 aromatic rings. The summed E-state index contributed by atoms with van der Waals surface area (Å²) in [5.41, 5.74) is 3.41. The van der Waals surface area contributed by atoms with E-state index < -0.39 is 11.6 Å². The van der Waals surface area contributed by atoms with Gasteiger partial charge < -0.3 is 9.47 Å². The summed E-state index contributed by atoms with van der Waals surface area (Å²) in [4.78, 5) is 0. The third kappa shape index (κ3) is 9.94. The van der Waals surface area contributed by atoms with Crippen molar-refractivity contribution in [2.45, 2.75) is 122 Å². The van der Waals surface area contributed by atoms with Crippen molar-refractivity contribution in [1.29, 1.82) is 0 Å². The van der Waals surface area contributed by atoms with Gasteiger partial charge in [-0.05, 0) is 59.6 Å². The van der Waals surface area contributed by atoms with Crippen LogP contribution in [0.25, 0.3) is 22.3 Å². The van der Waals surface area contributed by atoms with Gasteiger partial charge in [0.15, 0.2) is 17.9 Å². The van der Waals surface area contributed by atoms with Crippen LogP contribution in [0, 0.1) is 17.5 Å². The van der Waals surface area contributed by atoms with E-state index in [1.165, 1.54) is 63.9 Å². The minimum Gasteiger partial charge on any atom is -0.352 e. The number of ether oxygens (including phenoxy) is 2. The van der Waals surface area contributed by atoms with E-state index in [9.17, 15) is 4.39 Å². The maximum absolute atomic E-state index is 15.2. The van der Waals surface area contributed by atoms with Crippen molar-refractivity contribution in [3.63, 3.8) is 0 Å². The summed E-state index contributed by atoms with van der Waals surface area (Å²) in [6, 6.07) is 15.8. The molecule has 0 radical (unpaired) electrons. The van der Waals surface area contributed by atoms with E-state index in [0.717, 1.165) is 43.2 Å². The summed E-state index contributed by atoms with van der Waals surface area (Å²) in [5, 5.41) is 0. The van der Waals surface area contributed by atoms with E-state index in [0.29, 0.717) is 36.3 Å². The molecule has 0 amide bonds. The van der Waals surface area contributed by atoms with Crippen molar-refractivity contribution in [3.8, 4) is 22.3 Å². The van der Waals surface area contributed by atoms with Crippen LogP contribution in [-0.4, -0.2) is 19.5 Å². The van der Waals surface area contributed by atoms with Crippen LogP contribution < -0.4 is 0 Å². The van der Waals surface area contributed by atoms with Crippen LogP contribution in [0.15, 0.2) is 54.6 Å². The largest absolute Gasteiger partial charge is 0.352 e. The number of rotatable bonds is 18. The first-order valence-electron chi connectivity index (χ1n) is 17.1. The standard InChI is InChI=1S/C39H51F3O2/c1-3-5-7-9-10-11-13-14-16-31-22-25-35(39(42)38(31)41)30-20-18-29(19-21-30)32-23-24-34(36(40)26-32)33-27-43-37(44-28-33)17-15-12-8-6-4-2/h18-26,33,37H,3-17,27-28H2,1-2H3. The second-order valence-corrected chi connectivity index (χ2v) is 12.4. The zero-order valence-electron chi connectivity index (χ0n) is 26.8. The molecule has 3 aromatic carbocycles. The Balaban J connectivity index is 1.29. The van der Waals surface area contributed by atoms with Crippen LogP contribution in [0.4, 0.5) is 13.2 Å². The summed E-state index contributed by atoms with van der Waals surface area (Å²) in [7, 11) is 0. The van der Waals surface area contributed by atoms with Gasteiger partial charge in [-0.2, -0.15) is 0 Å². The van der Waals surface area contributed by atoms with Gasteiger partial charge in [-0.1, -0.05) is 133 Å². The van der Waals surface area contributed by atoms with Gasteiger partial charge in [0.1, 0.15) is 5.82 Å². The highest BCUT2D eigenvalue weighted by atomic mass is 19.2. The highest BCUT2D eigenvalue weighted by molar-refractivity contribution is 5.71. The number of hydrogen-bond acceptors (Lipinski definition) is 2. The molecule has 0 N–H and O–H groups in total. The van der Waals surface area contributed by atoms with E-state index in [-0.39, 0.29) is 23.6 Å². The molecule has 1 aliphatic rings. The Morgan fingerprint density at radius 2 is 1.16 bits per heavy atom. The quantitative estimate of drug-likeness (QED) is 0.134. The lowest BCUT2D eigenvalue weighted by Gasteiger charge is -2.30. The summed E-state index contributed by atoms with van der Waals surface area (Å²) in [6.07, 6.45) is 16.6. The molecule has 1 aliphatic heterocycles. The molecule has 44 heavy (non-hydrogen) atoms. The van der Waals surface area contributed by atoms with E-state index in [2.05, 4.69) is 13.8 Å². The van der Waals surface area contributed by atoms with Gasteiger partial charge in [0.25, 0.3) is 0 Å². The maximum atomic E-state index is 15.2. The second-order valence-electron chi connectivity index (χ2n) is 12.4. The molecular weight excluding hydrogens is 557 g/mol. The van der Waals surface area contributed by atoms with Crippen molar-refractivity contribution in [3.05, 3.63) is 83.2 Å². The fourth-order valence-electron chi connectivity index (χ4n) is 6.14. The molecule has 1 heterocycles. The maximum Gasteiger partial charge on any atom is 0.166 e. The van der Waals surface area contributed by atoms with Gasteiger partial charge >= 0.3 is 0 Å². The molecule has 0 aromatic heterocycles.